The first kappa shape index (κ1) is 11.5. The molecule has 1 atom stereocenters. The summed E-state index contributed by atoms with van der Waals surface area (Å²) in [5.41, 5.74) is 5.94. The normalized spacial score (nSPS) is 14.9. The first-order valence-corrected chi connectivity index (χ1v) is 5.04. The Morgan fingerprint density at radius 1 is 1.57 bits per heavy atom. The molecule has 0 bridgehead atoms. The summed E-state index contributed by atoms with van der Waals surface area (Å²) in [7, 11) is 1.58. The highest BCUT2D eigenvalue weighted by Gasteiger charge is 2.24. The lowest BCUT2D eigenvalue weighted by molar-refractivity contribution is 0.206. The van der Waals surface area contributed by atoms with Crippen molar-refractivity contribution in [2.24, 2.45) is 5.73 Å². The third-order valence-electron chi connectivity index (χ3n) is 2.11. The van der Waals surface area contributed by atoms with Gasteiger partial charge in [0.2, 0.25) is 0 Å². The van der Waals surface area contributed by atoms with Crippen LogP contribution in [0.4, 0.5) is 0 Å². The average molecular weight is 260 g/mol. The average Bonchev–Trinajstić information content (AvgIpc) is 2.18. The number of aliphatic hydroxyl groups excluding tert-OH is 1. The number of hydrogen-bond acceptors (Lipinski definition) is 3. The van der Waals surface area contributed by atoms with Crippen LogP contribution in [0.25, 0.3) is 0 Å². The van der Waals surface area contributed by atoms with Gasteiger partial charge in [-0.2, -0.15) is 0 Å². The Labute approximate surface area is 92.0 Å². The van der Waals surface area contributed by atoms with Crippen LogP contribution in [0.2, 0.25) is 0 Å². The van der Waals surface area contributed by atoms with E-state index < -0.39 is 5.54 Å². The van der Waals surface area contributed by atoms with Crippen LogP contribution in [0.1, 0.15) is 12.5 Å². The molecule has 0 amide bonds. The van der Waals surface area contributed by atoms with Crippen LogP contribution in [0.3, 0.4) is 0 Å². The van der Waals surface area contributed by atoms with Crippen molar-refractivity contribution in [2.75, 3.05) is 13.7 Å². The van der Waals surface area contributed by atoms with Crippen LogP contribution in [-0.4, -0.2) is 18.8 Å². The van der Waals surface area contributed by atoms with Gasteiger partial charge in [0, 0.05) is 10.0 Å². The van der Waals surface area contributed by atoms with Crippen LogP contribution >= 0.6 is 15.9 Å². The highest BCUT2D eigenvalue weighted by atomic mass is 79.9. The smallest absolute Gasteiger partial charge is 0.124 e. The van der Waals surface area contributed by atoms with E-state index in [1.807, 2.05) is 18.2 Å². The molecule has 1 unspecified atom stereocenters. The SMILES string of the molecule is COc1ccc(Br)cc1C(C)(N)CO. The van der Waals surface area contributed by atoms with Crippen molar-refractivity contribution in [3.05, 3.63) is 28.2 Å². The van der Waals surface area contributed by atoms with Gasteiger partial charge in [0.25, 0.3) is 0 Å². The maximum Gasteiger partial charge on any atom is 0.124 e. The molecule has 1 aromatic rings. The van der Waals surface area contributed by atoms with Gasteiger partial charge in [-0.3, -0.25) is 0 Å². The van der Waals surface area contributed by atoms with E-state index in [4.69, 9.17) is 15.6 Å². The van der Waals surface area contributed by atoms with Crippen LogP contribution in [0.5, 0.6) is 5.75 Å². The van der Waals surface area contributed by atoms with E-state index in [1.54, 1.807) is 14.0 Å². The first-order chi connectivity index (χ1) is 6.51. The Hall–Kier alpha value is -0.580. The maximum atomic E-state index is 9.16. The molecule has 0 spiro atoms. The molecule has 0 saturated heterocycles. The topological polar surface area (TPSA) is 55.5 Å². The molecule has 0 aliphatic rings. The zero-order valence-electron chi connectivity index (χ0n) is 8.25. The Morgan fingerprint density at radius 2 is 2.21 bits per heavy atom. The lowest BCUT2D eigenvalue weighted by Gasteiger charge is -2.24. The molecule has 3 N–H and O–H groups in total. The standard InChI is InChI=1S/C10H14BrNO2/c1-10(12,6-13)8-5-7(11)3-4-9(8)14-2/h3-5,13H,6,12H2,1-2H3. The summed E-state index contributed by atoms with van der Waals surface area (Å²) in [5.74, 6) is 0.687. The van der Waals surface area contributed by atoms with Crippen LogP contribution < -0.4 is 10.5 Å². The van der Waals surface area contributed by atoms with Gasteiger partial charge in [-0.15, -0.1) is 0 Å². The molecule has 4 heteroatoms. The van der Waals surface area contributed by atoms with Gasteiger partial charge in [-0.05, 0) is 25.1 Å². The number of benzene rings is 1. The summed E-state index contributed by atoms with van der Waals surface area (Å²) in [5, 5.41) is 9.16. The fraction of sp³-hybridized carbons (Fsp3) is 0.400. The van der Waals surface area contributed by atoms with Gasteiger partial charge in [-0.1, -0.05) is 15.9 Å². The highest BCUT2D eigenvalue weighted by molar-refractivity contribution is 9.10. The van der Waals surface area contributed by atoms with Crippen molar-refractivity contribution in [3.8, 4) is 5.75 Å². The van der Waals surface area contributed by atoms with E-state index in [9.17, 15) is 0 Å². The summed E-state index contributed by atoms with van der Waals surface area (Å²) < 4.78 is 6.09. The molecular formula is C10H14BrNO2. The van der Waals surface area contributed by atoms with Crippen molar-refractivity contribution in [1.29, 1.82) is 0 Å². The van der Waals surface area contributed by atoms with Gasteiger partial charge in [0.05, 0.1) is 19.3 Å². The summed E-state index contributed by atoms with van der Waals surface area (Å²) in [6.07, 6.45) is 0. The summed E-state index contributed by atoms with van der Waals surface area (Å²) in [6, 6.07) is 5.55. The predicted octanol–water partition coefficient (Wildman–Crippen LogP) is 1.62. The van der Waals surface area contributed by atoms with E-state index in [0.29, 0.717) is 5.75 Å². The zero-order chi connectivity index (χ0) is 10.8. The molecule has 0 aliphatic carbocycles. The number of hydrogen-bond donors (Lipinski definition) is 2. The van der Waals surface area contributed by atoms with Gasteiger partial charge in [-0.25, -0.2) is 0 Å². The third kappa shape index (κ3) is 2.26. The van der Waals surface area contributed by atoms with Crippen molar-refractivity contribution >= 4 is 15.9 Å². The Balaban J connectivity index is 3.23. The lowest BCUT2D eigenvalue weighted by Crippen LogP contribution is -2.37. The maximum absolute atomic E-state index is 9.16. The second-order valence-electron chi connectivity index (χ2n) is 3.42. The zero-order valence-corrected chi connectivity index (χ0v) is 9.84. The van der Waals surface area contributed by atoms with E-state index >= 15 is 0 Å². The minimum Gasteiger partial charge on any atom is -0.496 e. The predicted molar refractivity (Wildman–Crippen MR) is 59.3 cm³/mol. The van der Waals surface area contributed by atoms with Crippen molar-refractivity contribution < 1.29 is 9.84 Å². The lowest BCUT2D eigenvalue weighted by atomic mass is 9.93. The molecule has 14 heavy (non-hydrogen) atoms. The van der Waals surface area contributed by atoms with E-state index in [1.165, 1.54) is 0 Å². The number of aliphatic hydroxyl groups is 1. The van der Waals surface area contributed by atoms with Crippen LogP contribution in [0, 0.1) is 0 Å². The Kier molecular flexibility index (Phi) is 3.53. The summed E-state index contributed by atoms with van der Waals surface area (Å²) in [6.45, 7) is 1.64. The molecule has 0 fully saturated rings. The molecule has 1 rings (SSSR count). The first-order valence-electron chi connectivity index (χ1n) is 4.25. The van der Waals surface area contributed by atoms with E-state index in [2.05, 4.69) is 15.9 Å². The number of nitrogens with two attached hydrogens (primary N) is 1. The minimum atomic E-state index is -0.783. The largest absolute Gasteiger partial charge is 0.496 e. The van der Waals surface area contributed by atoms with Crippen molar-refractivity contribution in [1.82, 2.24) is 0 Å². The molecule has 0 aromatic heterocycles. The molecule has 0 radical (unpaired) electrons. The number of halogens is 1. The number of rotatable bonds is 3. The Bertz CT molecular complexity index is 326. The highest BCUT2D eigenvalue weighted by Crippen LogP contribution is 2.30. The molecule has 0 aliphatic heterocycles. The van der Waals surface area contributed by atoms with Crippen molar-refractivity contribution in [3.63, 3.8) is 0 Å². The Morgan fingerprint density at radius 3 is 2.71 bits per heavy atom. The molecule has 3 nitrogen and oxygen atoms in total. The summed E-state index contributed by atoms with van der Waals surface area (Å²) in [4.78, 5) is 0. The third-order valence-corrected chi connectivity index (χ3v) is 2.60. The molecular weight excluding hydrogens is 246 g/mol. The van der Waals surface area contributed by atoms with Crippen LogP contribution in [-0.2, 0) is 5.54 Å². The molecule has 78 valence electrons. The molecule has 0 heterocycles. The van der Waals surface area contributed by atoms with E-state index in [-0.39, 0.29) is 6.61 Å². The summed E-state index contributed by atoms with van der Waals surface area (Å²) >= 11 is 3.35. The van der Waals surface area contributed by atoms with Crippen molar-refractivity contribution in [2.45, 2.75) is 12.5 Å². The second-order valence-corrected chi connectivity index (χ2v) is 4.34. The monoisotopic (exact) mass is 259 g/mol. The minimum absolute atomic E-state index is 0.125. The molecule has 1 aromatic carbocycles. The number of methoxy groups -OCH3 is 1. The quantitative estimate of drug-likeness (QED) is 0.868. The second kappa shape index (κ2) is 4.29. The van der Waals surface area contributed by atoms with Gasteiger partial charge < -0.3 is 15.6 Å². The fourth-order valence-electron chi connectivity index (χ4n) is 1.21. The number of ether oxygens (including phenoxy) is 1. The molecule has 0 saturated carbocycles. The van der Waals surface area contributed by atoms with Gasteiger partial charge in [0.15, 0.2) is 0 Å². The van der Waals surface area contributed by atoms with Crippen LogP contribution in [0.15, 0.2) is 22.7 Å². The van der Waals surface area contributed by atoms with Gasteiger partial charge in [0.1, 0.15) is 5.75 Å². The fourth-order valence-corrected chi connectivity index (χ4v) is 1.57. The van der Waals surface area contributed by atoms with E-state index in [0.717, 1.165) is 10.0 Å². The van der Waals surface area contributed by atoms with Gasteiger partial charge >= 0.3 is 0 Å².